The first kappa shape index (κ1) is 16.2. The predicted molar refractivity (Wildman–Crippen MR) is 67.6 cm³/mol. The summed E-state index contributed by atoms with van der Waals surface area (Å²) in [7, 11) is 0. The quantitative estimate of drug-likeness (QED) is 0.817. The molecule has 0 unspecified atom stereocenters. The Hall–Kier alpha value is -3.16. The van der Waals surface area contributed by atoms with Crippen LogP contribution in [0.4, 0.5) is 33.7 Å². The van der Waals surface area contributed by atoms with E-state index in [0.29, 0.717) is 6.07 Å². The first-order valence-electron chi connectivity index (χ1n) is 5.71. The van der Waals surface area contributed by atoms with E-state index < -0.39 is 46.5 Å². The van der Waals surface area contributed by atoms with Crippen molar-refractivity contribution >= 4 is 11.8 Å². The summed E-state index contributed by atoms with van der Waals surface area (Å²) in [6.45, 7) is 0. The molecule has 0 atom stereocenters. The van der Waals surface area contributed by atoms with Crippen LogP contribution in [0.25, 0.3) is 11.3 Å². The first-order chi connectivity index (χ1) is 10.6. The average Bonchev–Trinajstić information content (AvgIpc) is 2.42. The molecule has 2 rings (SSSR count). The van der Waals surface area contributed by atoms with E-state index in [1.54, 1.807) is 6.07 Å². The molecule has 0 fully saturated rings. The summed E-state index contributed by atoms with van der Waals surface area (Å²) in [4.78, 5) is 7.06. The van der Waals surface area contributed by atoms with Crippen molar-refractivity contribution in [3.8, 4) is 23.1 Å². The largest absolute Gasteiger partial charge is 0.573 e. The summed E-state index contributed by atoms with van der Waals surface area (Å²) >= 11 is 0. The minimum atomic E-state index is -5.20. The second-order valence-corrected chi connectivity index (χ2v) is 4.09. The molecule has 0 aliphatic carbocycles. The molecule has 0 saturated heterocycles. The van der Waals surface area contributed by atoms with Crippen LogP contribution in [0.2, 0.25) is 0 Å². The summed E-state index contributed by atoms with van der Waals surface area (Å²) in [6, 6.07) is 2.87. The lowest BCUT2D eigenvalue weighted by atomic mass is 10.1. The number of benzene rings is 1. The highest BCUT2D eigenvalue weighted by Gasteiger charge is 2.33. The van der Waals surface area contributed by atoms with Gasteiger partial charge >= 0.3 is 6.36 Å². The molecule has 23 heavy (non-hydrogen) atoms. The molecule has 11 heteroatoms. The standard InChI is InChI=1S/C12H6F5N5O/c13-7-4(1-2-6(8(7)14)23-12(15,16)17)9-5(3-18)10(19)22-11(20)21-9/h1-2H,(H4,19,20,21,22). The van der Waals surface area contributed by atoms with E-state index in [-0.39, 0.29) is 5.82 Å². The van der Waals surface area contributed by atoms with E-state index in [1.807, 2.05) is 0 Å². The van der Waals surface area contributed by atoms with Gasteiger partial charge in [0.15, 0.2) is 11.6 Å². The number of nitrogen functional groups attached to an aromatic ring is 2. The average molecular weight is 331 g/mol. The van der Waals surface area contributed by atoms with Crippen LogP contribution in [0.3, 0.4) is 0 Å². The molecular formula is C12H6F5N5O. The van der Waals surface area contributed by atoms with E-state index in [0.717, 1.165) is 6.07 Å². The monoisotopic (exact) mass is 331 g/mol. The summed E-state index contributed by atoms with van der Waals surface area (Å²) in [5.74, 6) is -5.79. The van der Waals surface area contributed by atoms with Crippen LogP contribution >= 0.6 is 0 Å². The topological polar surface area (TPSA) is 111 Å². The van der Waals surface area contributed by atoms with Crippen LogP contribution in [0.1, 0.15) is 5.56 Å². The van der Waals surface area contributed by atoms with Crippen molar-refractivity contribution < 1.29 is 26.7 Å². The fourth-order valence-corrected chi connectivity index (χ4v) is 1.72. The molecule has 0 aliphatic rings. The Morgan fingerprint density at radius 2 is 1.74 bits per heavy atom. The van der Waals surface area contributed by atoms with Crippen molar-refractivity contribution in [3.63, 3.8) is 0 Å². The number of aromatic nitrogens is 2. The van der Waals surface area contributed by atoms with Gasteiger partial charge in [-0.15, -0.1) is 13.2 Å². The van der Waals surface area contributed by atoms with Crippen molar-refractivity contribution in [1.29, 1.82) is 5.26 Å². The molecule has 1 aromatic carbocycles. The van der Waals surface area contributed by atoms with Crippen molar-refractivity contribution in [2.24, 2.45) is 0 Å². The molecule has 0 aliphatic heterocycles. The third kappa shape index (κ3) is 3.20. The van der Waals surface area contributed by atoms with Crippen molar-refractivity contribution in [2.45, 2.75) is 6.36 Å². The Bertz CT molecular complexity index is 815. The minimum Gasteiger partial charge on any atom is -0.403 e. The number of nitrogens with two attached hydrogens (primary N) is 2. The normalized spacial score (nSPS) is 11.1. The van der Waals surface area contributed by atoms with Crippen molar-refractivity contribution in [3.05, 3.63) is 29.3 Å². The number of hydrogen-bond donors (Lipinski definition) is 2. The van der Waals surface area contributed by atoms with Crippen LogP contribution in [0, 0.1) is 23.0 Å². The molecule has 4 N–H and O–H groups in total. The van der Waals surface area contributed by atoms with Gasteiger partial charge in [0, 0.05) is 5.56 Å². The molecule has 0 saturated carbocycles. The number of hydrogen-bond acceptors (Lipinski definition) is 6. The zero-order valence-corrected chi connectivity index (χ0v) is 10.9. The van der Waals surface area contributed by atoms with E-state index in [1.165, 1.54) is 0 Å². The Morgan fingerprint density at radius 1 is 1.09 bits per heavy atom. The van der Waals surface area contributed by atoms with Gasteiger partial charge < -0.3 is 16.2 Å². The number of anilines is 2. The van der Waals surface area contributed by atoms with Crippen LogP contribution in [0.5, 0.6) is 5.75 Å². The van der Waals surface area contributed by atoms with Crippen molar-refractivity contribution in [2.75, 3.05) is 11.5 Å². The van der Waals surface area contributed by atoms with E-state index in [2.05, 4.69) is 14.7 Å². The van der Waals surface area contributed by atoms with Gasteiger partial charge in [0.05, 0.1) is 5.69 Å². The van der Waals surface area contributed by atoms with Gasteiger partial charge in [-0.1, -0.05) is 0 Å². The second kappa shape index (κ2) is 5.56. The maximum Gasteiger partial charge on any atom is 0.573 e. The summed E-state index contributed by atoms with van der Waals surface area (Å²) in [6.07, 6.45) is -5.20. The first-order valence-corrected chi connectivity index (χ1v) is 5.71. The van der Waals surface area contributed by atoms with E-state index >= 15 is 0 Å². The van der Waals surface area contributed by atoms with E-state index in [4.69, 9.17) is 16.7 Å². The Balaban J connectivity index is 2.64. The highest BCUT2D eigenvalue weighted by molar-refractivity contribution is 5.73. The van der Waals surface area contributed by atoms with Gasteiger partial charge in [0.2, 0.25) is 11.8 Å². The molecule has 2 aromatic rings. The number of alkyl halides is 3. The zero-order valence-electron chi connectivity index (χ0n) is 10.9. The Labute approximate surface area is 125 Å². The molecule has 1 heterocycles. The summed E-state index contributed by atoms with van der Waals surface area (Å²) < 4.78 is 67.4. The van der Waals surface area contributed by atoms with Crippen LogP contribution < -0.4 is 16.2 Å². The van der Waals surface area contributed by atoms with Gasteiger partial charge in [-0.05, 0) is 12.1 Å². The number of nitrogens with zero attached hydrogens (tertiary/aromatic N) is 3. The van der Waals surface area contributed by atoms with Gasteiger partial charge in [-0.3, -0.25) is 0 Å². The molecular weight excluding hydrogens is 325 g/mol. The number of halogens is 5. The highest BCUT2D eigenvalue weighted by atomic mass is 19.4. The Morgan fingerprint density at radius 3 is 2.30 bits per heavy atom. The lowest BCUT2D eigenvalue weighted by Gasteiger charge is -2.12. The van der Waals surface area contributed by atoms with Crippen LogP contribution in [-0.2, 0) is 0 Å². The molecule has 6 nitrogen and oxygen atoms in total. The fraction of sp³-hybridized carbons (Fsp3) is 0.0833. The van der Waals surface area contributed by atoms with Gasteiger partial charge in [-0.2, -0.15) is 14.6 Å². The SMILES string of the molecule is N#Cc1c(N)nc(N)nc1-c1ccc(OC(F)(F)F)c(F)c1F. The number of nitriles is 1. The maximum absolute atomic E-state index is 14.0. The molecule has 1 aromatic heterocycles. The van der Waals surface area contributed by atoms with Gasteiger partial charge in [-0.25, -0.2) is 9.37 Å². The lowest BCUT2D eigenvalue weighted by molar-refractivity contribution is -0.275. The smallest absolute Gasteiger partial charge is 0.403 e. The molecule has 0 bridgehead atoms. The predicted octanol–water partition coefficient (Wildman–Crippen LogP) is 2.36. The van der Waals surface area contributed by atoms with Gasteiger partial charge in [0.1, 0.15) is 17.5 Å². The maximum atomic E-state index is 14.0. The van der Waals surface area contributed by atoms with E-state index in [9.17, 15) is 22.0 Å². The highest BCUT2D eigenvalue weighted by Crippen LogP contribution is 2.34. The zero-order chi connectivity index (χ0) is 17.4. The third-order valence-electron chi connectivity index (χ3n) is 2.59. The number of ether oxygens (including phenoxy) is 1. The lowest BCUT2D eigenvalue weighted by Crippen LogP contribution is -2.18. The minimum absolute atomic E-state index is 0.384. The third-order valence-corrected chi connectivity index (χ3v) is 2.59. The van der Waals surface area contributed by atoms with Crippen LogP contribution in [-0.4, -0.2) is 16.3 Å². The van der Waals surface area contributed by atoms with Crippen molar-refractivity contribution in [1.82, 2.24) is 9.97 Å². The second-order valence-electron chi connectivity index (χ2n) is 4.09. The number of rotatable bonds is 2. The van der Waals surface area contributed by atoms with Crippen LogP contribution in [0.15, 0.2) is 12.1 Å². The molecule has 120 valence electrons. The molecule has 0 spiro atoms. The summed E-state index contributed by atoms with van der Waals surface area (Å²) in [5, 5.41) is 8.98. The molecule has 0 radical (unpaired) electrons. The molecule has 0 amide bonds. The Kier molecular flexibility index (Phi) is 3.92. The summed E-state index contributed by atoms with van der Waals surface area (Å²) in [5.41, 5.74) is 9.28. The fourth-order valence-electron chi connectivity index (χ4n) is 1.72. The van der Waals surface area contributed by atoms with Gasteiger partial charge in [0.25, 0.3) is 0 Å².